The second-order valence-electron chi connectivity index (χ2n) is 9.56. The van der Waals surface area contributed by atoms with Gasteiger partial charge in [-0.3, -0.25) is 4.68 Å². The summed E-state index contributed by atoms with van der Waals surface area (Å²) >= 11 is 0. The molecule has 1 atom stereocenters. The van der Waals surface area contributed by atoms with E-state index in [1.165, 1.54) is 10.2 Å². The Kier molecular flexibility index (Phi) is 7.96. The highest BCUT2D eigenvalue weighted by Crippen LogP contribution is 2.36. The quantitative estimate of drug-likeness (QED) is 0.309. The summed E-state index contributed by atoms with van der Waals surface area (Å²) in [6, 6.07) is 15.0. The molecular weight excluding hydrogens is 453 g/mol. The minimum Gasteiger partial charge on any atom is -0.497 e. The van der Waals surface area contributed by atoms with Crippen molar-refractivity contribution in [2.24, 2.45) is 0 Å². The maximum atomic E-state index is 14.6. The number of hydrogen-bond acceptors (Lipinski definition) is 2. The molecule has 0 saturated carbocycles. The molecule has 0 radical (unpaired) electrons. The van der Waals surface area contributed by atoms with Crippen LogP contribution >= 0.6 is 0 Å². The molecule has 0 aliphatic heterocycles. The molecule has 184 valence electrons. The molecule has 1 unspecified atom stereocenters. The van der Waals surface area contributed by atoms with Crippen molar-refractivity contribution >= 4 is 13.4 Å². The van der Waals surface area contributed by atoms with Crippen molar-refractivity contribution in [1.82, 2.24) is 9.78 Å². The van der Waals surface area contributed by atoms with E-state index >= 15 is 0 Å². The summed E-state index contributed by atoms with van der Waals surface area (Å²) in [5.74, 6) is 0.669. The number of halogens is 3. The average molecular weight is 489 g/mol. The van der Waals surface area contributed by atoms with Gasteiger partial charge in [-0.25, -0.2) is 0 Å². The molecule has 1 aromatic heterocycles. The van der Waals surface area contributed by atoms with Crippen LogP contribution in [0.2, 0.25) is 18.6 Å². The number of hydrogen-bond donors (Lipinski definition) is 0. The Balaban J connectivity index is 2.17. The van der Waals surface area contributed by atoms with Crippen molar-refractivity contribution in [2.45, 2.75) is 71.4 Å². The van der Waals surface area contributed by atoms with Gasteiger partial charge < -0.3 is 4.74 Å². The summed E-state index contributed by atoms with van der Waals surface area (Å²) in [6.45, 7) is 10.7. The van der Waals surface area contributed by atoms with Gasteiger partial charge >= 0.3 is 6.18 Å². The Labute approximate surface area is 202 Å². The minimum atomic E-state index is -4.50. The van der Waals surface area contributed by atoms with Crippen LogP contribution in [-0.2, 0) is 25.6 Å². The smallest absolute Gasteiger partial charge is 0.433 e. The summed E-state index contributed by atoms with van der Waals surface area (Å²) < 4.78 is 50.1. The molecule has 34 heavy (non-hydrogen) atoms. The standard InChI is InChI=1S/C27H35F3N2OSi/c1-7-19(3)34(5,6)26-24(17-21-11-9-20(8-2)10-12-21)25(27(28,29)30)32(31-26)18-22-13-15-23(33-4)16-14-22/h9-16,19H,7-8,17-18H2,1-6H3. The zero-order valence-electron chi connectivity index (χ0n) is 21.0. The van der Waals surface area contributed by atoms with Crippen molar-refractivity contribution in [3.8, 4) is 5.75 Å². The fraction of sp³-hybridized carbons (Fsp3) is 0.444. The van der Waals surface area contributed by atoms with Crippen molar-refractivity contribution in [3.63, 3.8) is 0 Å². The summed E-state index contributed by atoms with van der Waals surface area (Å²) in [7, 11) is -0.705. The molecule has 0 saturated heterocycles. The van der Waals surface area contributed by atoms with Gasteiger partial charge in [-0.2, -0.15) is 18.3 Å². The SMILES string of the molecule is CCc1ccc(Cc2c([Si](C)(C)C(C)CC)nn(Cc3ccc(OC)cc3)c2C(F)(F)F)cc1. The molecule has 0 fully saturated rings. The summed E-state index contributed by atoms with van der Waals surface area (Å²) in [4.78, 5) is 0. The predicted octanol–water partition coefficient (Wildman–Crippen LogP) is 6.83. The number of aromatic nitrogens is 2. The monoisotopic (exact) mass is 488 g/mol. The number of nitrogens with zero attached hydrogens (tertiary/aromatic N) is 2. The van der Waals surface area contributed by atoms with Crippen LogP contribution in [0, 0.1) is 0 Å². The fourth-order valence-corrected chi connectivity index (χ4v) is 7.21. The van der Waals surface area contributed by atoms with Gasteiger partial charge in [0.15, 0.2) is 0 Å². The molecule has 3 nitrogen and oxygen atoms in total. The third-order valence-corrected chi connectivity index (χ3v) is 11.6. The van der Waals surface area contributed by atoms with Crippen LogP contribution in [0.15, 0.2) is 48.5 Å². The highest BCUT2D eigenvalue weighted by atomic mass is 28.3. The van der Waals surface area contributed by atoms with Crippen molar-refractivity contribution in [2.75, 3.05) is 7.11 Å². The Hall–Kier alpha value is -2.54. The van der Waals surface area contributed by atoms with E-state index in [-0.39, 0.29) is 13.0 Å². The van der Waals surface area contributed by atoms with Crippen LogP contribution in [0.5, 0.6) is 5.75 Å². The third-order valence-electron chi connectivity index (χ3n) is 7.08. The Morgan fingerprint density at radius 1 is 0.941 bits per heavy atom. The van der Waals surface area contributed by atoms with Gasteiger partial charge in [-0.05, 0) is 40.8 Å². The minimum absolute atomic E-state index is 0.0611. The van der Waals surface area contributed by atoms with E-state index in [1.807, 2.05) is 24.3 Å². The normalized spacial score (nSPS) is 13.2. The summed E-state index contributed by atoms with van der Waals surface area (Å²) in [6.07, 6.45) is -2.47. The molecule has 3 rings (SSSR count). The van der Waals surface area contributed by atoms with Gasteiger partial charge in [0.2, 0.25) is 0 Å². The summed E-state index contributed by atoms with van der Waals surface area (Å²) in [5, 5.41) is 5.38. The lowest BCUT2D eigenvalue weighted by Crippen LogP contribution is -2.48. The van der Waals surface area contributed by atoms with E-state index < -0.39 is 19.9 Å². The molecule has 0 amide bonds. The molecule has 0 aliphatic rings. The number of ether oxygens (including phenoxy) is 1. The van der Waals surface area contributed by atoms with Crippen LogP contribution in [0.25, 0.3) is 0 Å². The van der Waals surface area contributed by atoms with E-state index in [0.29, 0.717) is 22.2 Å². The zero-order valence-corrected chi connectivity index (χ0v) is 22.0. The lowest BCUT2D eigenvalue weighted by Gasteiger charge is -2.28. The first-order chi connectivity index (χ1) is 16.0. The lowest BCUT2D eigenvalue weighted by atomic mass is 10.0. The van der Waals surface area contributed by atoms with Crippen LogP contribution in [0.3, 0.4) is 0 Å². The van der Waals surface area contributed by atoms with Crippen LogP contribution in [-0.4, -0.2) is 25.0 Å². The largest absolute Gasteiger partial charge is 0.497 e. The van der Waals surface area contributed by atoms with Gasteiger partial charge in [0.05, 0.1) is 13.7 Å². The van der Waals surface area contributed by atoms with Gasteiger partial charge in [-0.15, -0.1) is 0 Å². The highest BCUT2D eigenvalue weighted by molar-refractivity contribution is 6.90. The maximum absolute atomic E-state index is 14.6. The Bertz CT molecular complexity index is 1090. The molecule has 2 aromatic carbocycles. The first kappa shape index (κ1) is 26.1. The maximum Gasteiger partial charge on any atom is 0.433 e. The lowest BCUT2D eigenvalue weighted by molar-refractivity contribution is -0.144. The van der Waals surface area contributed by atoms with Crippen molar-refractivity contribution in [3.05, 3.63) is 76.5 Å². The van der Waals surface area contributed by atoms with Crippen molar-refractivity contribution in [1.29, 1.82) is 0 Å². The molecule has 0 spiro atoms. The van der Waals surface area contributed by atoms with Gasteiger partial charge in [0, 0.05) is 17.3 Å². The number of methoxy groups -OCH3 is 1. The molecule has 7 heteroatoms. The second kappa shape index (κ2) is 10.4. The second-order valence-corrected chi connectivity index (χ2v) is 14.5. The summed E-state index contributed by atoms with van der Waals surface area (Å²) in [5.41, 5.74) is 2.82. The molecular formula is C27H35F3N2OSi. The van der Waals surface area contributed by atoms with E-state index in [4.69, 9.17) is 9.84 Å². The Morgan fingerprint density at radius 3 is 2.00 bits per heavy atom. The number of benzene rings is 2. The van der Waals surface area contributed by atoms with Gasteiger partial charge in [-0.1, -0.05) is 76.7 Å². The van der Waals surface area contributed by atoms with Crippen LogP contribution < -0.4 is 10.1 Å². The zero-order chi connectivity index (χ0) is 25.1. The van der Waals surface area contributed by atoms with E-state index in [2.05, 4.69) is 33.9 Å². The van der Waals surface area contributed by atoms with Gasteiger partial charge in [0.25, 0.3) is 0 Å². The van der Waals surface area contributed by atoms with E-state index in [9.17, 15) is 13.2 Å². The first-order valence-corrected chi connectivity index (χ1v) is 15.0. The van der Waals surface area contributed by atoms with E-state index in [0.717, 1.165) is 24.0 Å². The van der Waals surface area contributed by atoms with Gasteiger partial charge in [0.1, 0.15) is 19.5 Å². The molecule has 1 heterocycles. The topological polar surface area (TPSA) is 27.1 Å². The molecule has 0 N–H and O–H groups in total. The number of alkyl halides is 3. The van der Waals surface area contributed by atoms with Crippen molar-refractivity contribution < 1.29 is 17.9 Å². The highest BCUT2D eigenvalue weighted by Gasteiger charge is 2.44. The number of aryl methyl sites for hydroxylation is 1. The first-order valence-electron chi connectivity index (χ1n) is 11.9. The third kappa shape index (κ3) is 5.57. The number of rotatable bonds is 9. The molecule has 0 aliphatic carbocycles. The molecule has 3 aromatic rings. The van der Waals surface area contributed by atoms with E-state index in [1.54, 1.807) is 31.4 Å². The molecule has 0 bridgehead atoms. The Morgan fingerprint density at radius 2 is 1.50 bits per heavy atom. The predicted molar refractivity (Wildman–Crippen MR) is 135 cm³/mol. The van der Waals surface area contributed by atoms with Crippen LogP contribution in [0.1, 0.15) is 55.1 Å². The fourth-order valence-electron chi connectivity index (χ4n) is 4.36. The van der Waals surface area contributed by atoms with Crippen LogP contribution in [0.4, 0.5) is 13.2 Å². The average Bonchev–Trinajstić information content (AvgIpc) is 3.18.